The Morgan fingerprint density at radius 2 is 1.75 bits per heavy atom. The molecule has 0 aromatic heterocycles. The van der Waals surface area contributed by atoms with E-state index >= 15 is 0 Å². The highest BCUT2D eigenvalue weighted by molar-refractivity contribution is 5.88. The SMILES string of the molecule is COC(=O)C1CCC(=O)N1C(Cc1ccccc1)c1ccccc1. The third-order valence-corrected chi connectivity index (χ3v) is 4.52. The van der Waals surface area contributed by atoms with Gasteiger partial charge in [0.15, 0.2) is 0 Å². The Morgan fingerprint density at radius 3 is 2.38 bits per heavy atom. The number of benzene rings is 2. The van der Waals surface area contributed by atoms with Gasteiger partial charge in [-0.05, 0) is 24.0 Å². The molecule has 4 nitrogen and oxygen atoms in total. The van der Waals surface area contributed by atoms with Gasteiger partial charge in [0, 0.05) is 6.42 Å². The highest BCUT2D eigenvalue weighted by atomic mass is 16.5. The van der Waals surface area contributed by atoms with Gasteiger partial charge >= 0.3 is 5.97 Å². The second-order valence-corrected chi connectivity index (χ2v) is 5.99. The first-order valence-corrected chi connectivity index (χ1v) is 8.18. The van der Waals surface area contributed by atoms with Crippen LogP contribution in [0.25, 0.3) is 0 Å². The van der Waals surface area contributed by atoms with Gasteiger partial charge < -0.3 is 9.64 Å². The zero-order chi connectivity index (χ0) is 16.9. The molecule has 24 heavy (non-hydrogen) atoms. The van der Waals surface area contributed by atoms with E-state index in [1.54, 1.807) is 4.90 Å². The Balaban J connectivity index is 1.97. The minimum atomic E-state index is -0.503. The predicted molar refractivity (Wildman–Crippen MR) is 91.2 cm³/mol. The summed E-state index contributed by atoms with van der Waals surface area (Å²) in [5, 5.41) is 0. The lowest BCUT2D eigenvalue weighted by Crippen LogP contribution is -2.42. The molecule has 0 radical (unpaired) electrons. The molecule has 1 fully saturated rings. The summed E-state index contributed by atoms with van der Waals surface area (Å²) in [6.45, 7) is 0. The van der Waals surface area contributed by atoms with Crippen molar-refractivity contribution in [2.75, 3.05) is 7.11 Å². The van der Waals surface area contributed by atoms with E-state index < -0.39 is 6.04 Å². The normalized spacial score (nSPS) is 18.5. The molecule has 2 unspecified atom stereocenters. The first kappa shape index (κ1) is 16.2. The Labute approximate surface area is 142 Å². The minimum Gasteiger partial charge on any atom is -0.467 e. The number of methoxy groups -OCH3 is 1. The lowest BCUT2D eigenvalue weighted by Gasteiger charge is -2.32. The number of hydrogen-bond acceptors (Lipinski definition) is 3. The van der Waals surface area contributed by atoms with Crippen LogP contribution in [0, 0.1) is 0 Å². The summed E-state index contributed by atoms with van der Waals surface area (Å²) >= 11 is 0. The number of carbonyl (C=O) groups excluding carboxylic acids is 2. The smallest absolute Gasteiger partial charge is 0.328 e. The Morgan fingerprint density at radius 1 is 1.12 bits per heavy atom. The molecule has 0 aliphatic carbocycles. The number of esters is 1. The standard InChI is InChI=1S/C20H21NO3/c1-24-20(23)17-12-13-19(22)21(17)18(16-10-6-3-7-11-16)14-15-8-4-2-5-9-15/h2-11,17-18H,12-14H2,1H3. The summed E-state index contributed by atoms with van der Waals surface area (Å²) in [6.07, 6.45) is 1.58. The fourth-order valence-electron chi connectivity index (χ4n) is 3.35. The van der Waals surface area contributed by atoms with Gasteiger partial charge in [-0.2, -0.15) is 0 Å². The van der Waals surface area contributed by atoms with Crippen LogP contribution < -0.4 is 0 Å². The van der Waals surface area contributed by atoms with E-state index in [9.17, 15) is 9.59 Å². The fourth-order valence-corrected chi connectivity index (χ4v) is 3.35. The summed E-state index contributed by atoms with van der Waals surface area (Å²) in [5.74, 6) is -0.329. The highest BCUT2D eigenvalue weighted by Gasteiger charge is 2.41. The number of rotatable bonds is 5. The van der Waals surface area contributed by atoms with E-state index in [1.807, 2.05) is 60.7 Å². The van der Waals surface area contributed by atoms with Crippen LogP contribution in [0.4, 0.5) is 0 Å². The van der Waals surface area contributed by atoms with Crippen molar-refractivity contribution in [3.05, 3.63) is 71.8 Å². The average molecular weight is 323 g/mol. The van der Waals surface area contributed by atoms with Crippen LogP contribution in [-0.4, -0.2) is 29.9 Å². The molecular formula is C20H21NO3. The number of likely N-dealkylation sites (tertiary alicyclic amines) is 1. The van der Waals surface area contributed by atoms with E-state index in [2.05, 4.69) is 0 Å². The zero-order valence-electron chi connectivity index (χ0n) is 13.7. The van der Waals surface area contributed by atoms with Gasteiger partial charge in [0.05, 0.1) is 13.2 Å². The molecule has 2 atom stereocenters. The Bertz CT molecular complexity index is 699. The molecule has 0 N–H and O–H groups in total. The van der Waals surface area contributed by atoms with E-state index in [0.29, 0.717) is 19.3 Å². The lowest BCUT2D eigenvalue weighted by atomic mass is 9.96. The monoisotopic (exact) mass is 323 g/mol. The van der Waals surface area contributed by atoms with Crippen molar-refractivity contribution in [3.8, 4) is 0 Å². The second-order valence-electron chi connectivity index (χ2n) is 5.99. The summed E-state index contributed by atoms with van der Waals surface area (Å²) in [4.78, 5) is 26.4. The molecule has 0 spiro atoms. The highest BCUT2D eigenvalue weighted by Crippen LogP contribution is 2.33. The molecule has 1 amide bonds. The maximum absolute atomic E-state index is 12.5. The van der Waals surface area contributed by atoms with Crippen LogP contribution in [0.3, 0.4) is 0 Å². The summed E-state index contributed by atoms with van der Waals surface area (Å²) < 4.78 is 4.92. The van der Waals surface area contributed by atoms with E-state index in [-0.39, 0.29) is 17.9 Å². The van der Waals surface area contributed by atoms with E-state index in [0.717, 1.165) is 11.1 Å². The third kappa shape index (κ3) is 3.32. The largest absolute Gasteiger partial charge is 0.467 e. The molecule has 4 heteroatoms. The molecule has 2 aromatic rings. The summed E-state index contributed by atoms with van der Waals surface area (Å²) in [6, 6.07) is 19.2. The Hall–Kier alpha value is -2.62. The van der Waals surface area contributed by atoms with Crippen molar-refractivity contribution in [1.82, 2.24) is 4.90 Å². The van der Waals surface area contributed by atoms with Crippen molar-refractivity contribution in [1.29, 1.82) is 0 Å². The molecule has 124 valence electrons. The van der Waals surface area contributed by atoms with Crippen LogP contribution in [0.1, 0.15) is 30.0 Å². The number of nitrogens with zero attached hydrogens (tertiary/aromatic N) is 1. The van der Waals surface area contributed by atoms with E-state index in [4.69, 9.17) is 4.74 Å². The topological polar surface area (TPSA) is 46.6 Å². The summed E-state index contributed by atoms with van der Waals surface area (Å²) in [5.41, 5.74) is 2.17. The lowest BCUT2D eigenvalue weighted by molar-refractivity contribution is -0.150. The first-order valence-electron chi connectivity index (χ1n) is 8.18. The van der Waals surface area contributed by atoms with Gasteiger partial charge in [0.2, 0.25) is 5.91 Å². The van der Waals surface area contributed by atoms with Crippen LogP contribution >= 0.6 is 0 Å². The van der Waals surface area contributed by atoms with Gasteiger partial charge in [-0.25, -0.2) is 4.79 Å². The Kier molecular flexibility index (Phi) is 4.94. The molecule has 3 rings (SSSR count). The molecule has 0 bridgehead atoms. The molecule has 0 saturated carbocycles. The van der Waals surface area contributed by atoms with Crippen molar-refractivity contribution < 1.29 is 14.3 Å². The zero-order valence-corrected chi connectivity index (χ0v) is 13.7. The van der Waals surface area contributed by atoms with Crippen LogP contribution in [0.15, 0.2) is 60.7 Å². The van der Waals surface area contributed by atoms with E-state index in [1.165, 1.54) is 7.11 Å². The predicted octanol–water partition coefficient (Wildman–Crippen LogP) is 3.13. The number of carbonyl (C=O) groups is 2. The number of hydrogen-bond donors (Lipinski definition) is 0. The molecule has 1 saturated heterocycles. The van der Waals surface area contributed by atoms with Gasteiger partial charge in [-0.3, -0.25) is 4.79 Å². The van der Waals surface area contributed by atoms with Crippen molar-refractivity contribution in [2.45, 2.75) is 31.3 Å². The van der Waals surface area contributed by atoms with Crippen molar-refractivity contribution in [3.63, 3.8) is 0 Å². The van der Waals surface area contributed by atoms with Gasteiger partial charge in [0.25, 0.3) is 0 Å². The maximum atomic E-state index is 12.5. The average Bonchev–Trinajstić information content (AvgIpc) is 3.02. The van der Waals surface area contributed by atoms with Crippen molar-refractivity contribution >= 4 is 11.9 Å². The van der Waals surface area contributed by atoms with Crippen LogP contribution in [0.5, 0.6) is 0 Å². The molecule has 1 aliphatic heterocycles. The van der Waals surface area contributed by atoms with Gasteiger partial charge in [-0.1, -0.05) is 60.7 Å². The van der Waals surface area contributed by atoms with Crippen molar-refractivity contribution in [2.24, 2.45) is 0 Å². The number of amides is 1. The molecular weight excluding hydrogens is 302 g/mol. The minimum absolute atomic E-state index is 0.00943. The maximum Gasteiger partial charge on any atom is 0.328 e. The number of ether oxygens (including phenoxy) is 1. The quantitative estimate of drug-likeness (QED) is 0.794. The first-order chi connectivity index (χ1) is 11.7. The van der Waals surface area contributed by atoms with Gasteiger partial charge in [-0.15, -0.1) is 0 Å². The second kappa shape index (κ2) is 7.30. The summed E-state index contributed by atoms with van der Waals surface area (Å²) in [7, 11) is 1.37. The molecule has 2 aromatic carbocycles. The van der Waals surface area contributed by atoms with Gasteiger partial charge in [0.1, 0.15) is 6.04 Å². The fraction of sp³-hybridized carbons (Fsp3) is 0.300. The van der Waals surface area contributed by atoms with Crippen LogP contribution in [0.2, 0.25) is 0 Å². The van der Waals surface area contributed by atoms with Crippen LogP contribution in [-0.2, 0) is 20.7 Å². The molecule has 1 heterocycles. The molecule has 1 aliphatic rings. The third-order valence-electron chi connectivity index (χ3n) is 4.52.